The van der Waals surface area contributed by atoms with Gasteiger partial charge in [-0.25, -0.2) is 4.98 Å². The number of aromatic nitrogens is 1. The summed E-state index contributed by atoms with van der Waals surface area (Å²) in [6.07, 6.45) is 2.70. The van der Waals surface area contributed by atoms with Crippen molar-refractivity contribution in [3.63, 3.8) is 0 Å². The summed E-state index contributed by atoms with van der Waals surface area (Å²) in [7, 11) is 0. The molecule has 1 aromatic heterocycles. The standard InChI is InChI=1S/C12H19N3OS.ClH/c1-9(2)5-6-17-8-12(16)15-10-3-4-11(13)14-7-10;/h3-4,7,9H,5-6,8H2,1-2H3,(H2,13,14)(H,15,16);1H. The van der Waals surface area contributed by atoms with Crippen molar-refractivity contribution in [2.24, 2.45) is 5.92 Å². The molecule has 0 unspecified atom stereocenters. The van der Waals surface area contributed by atoms with Gasteiger partial charge in [-0.1, -0.05) is 13.8 Å². The summed E-state index contributed by atoms with van der Waals surface area (Å²) in [5.41, 5.74) is 6.14. The first-order valence-electron chi connectivity index (χ1n) is 5.67. The largest absolute Gasteiger partial charge is 0.384 e. The minimum absolute atomic E-state index is 0. The molecule has 1 heterocycles. The Morgan fingerprint density at radius 2 is 2.22 bits per heavy atom. The third-order valence-electron chi connectivity index (χ3n) is 2.14. The number of thioether (sulfide) groups is 1. The van der Waals surface area contributed by atoms with Crippen LogP contribution in [0, 0.1) is 5.92 Å². The number of hydrogen-bond donors (Lipinski definition) is 2. The summed E-state index contributed by atoms with van der Waals surface area (Å²) < 4.78 is 0. The van der Waals surface area contributed by atoms with E-state index in [1.165, 1.54) is 0 Å². The number of nitrogen functional groups attached to an aromatic ring is 1. The minimum Gasteiger partial charge on any atom is -0.384 e. The molecule has 1 rings (SSSR count). The van der Waals surface area contributed by atoms with E-state index in [1.54, 1.807) is 30.1 Å². The Kier molecular flexibility index (Phi) is 8.58. The zero-order valence-electron chi connectivity index (χ0n) is 10.7. The lowest BCUT2D eigenvalue weighted by atomic mass is 10.2. The van der Waals surface area contributed by atoms with Gasteiger partial charge < -0.3 is 11.1 Å². The lowest BCUT2D eigenvalue weighted by molar-refractivity contribution is -0.113. The van der Waals surface area contributed by atoms with Gasteiger partial charge in [0.05, 0.1) is 17.6 Å². The van der Waals surface area contributed by atoms with Gasteiger partial charge in [0.25, 0.3) is 0 Å². The highest BCUT2D eigenvalue weighted by atomic mass is 35.5. The average Bonchev–Trinajstić information content (AvgIpc) is 2.27. The van der Waals surface area contributed by atoms with Gasteiger partial charge in [-0.05, 0) is 30.2 Å². The van der Waals surface area contributed by atoms with Gasteiger partial charge in [0.1, 0.15) is 5.82 Å². The molecule has 0 saturated heterocycles. The van der Waals surface area contributed by atoms with Gasteiger partial charge in [0.2, 0.25) is 5.91 Å². The van der Waals surface area contributed by atoms with Gasteiger partial charge in [-0.3, -0.25) is 4.79 Å². The molecular formula is C12H20ClN3OS. The molecule has 0 fully saturated rings. The smallest absolute Gasteiger partial charge is 0.234 e. The molecule has 0 saturated carbocycles. The highest BCUT2D eigenvalue weighted by Crippen LogP contribution is 2.11. The van der Waals surface area contributed by atoms with Crippen LogP contribution in [0.2, 0.25) is 0 Å². The molecule has 0 bridgehead atoms. The SMILES string of the molecule is CC(C)CCSCC(=O)Nc1ccc(N)nc1.Cl. The number of nitrogens with zero attached hydrogens (tertiary/aromatic N) is 1. The molecule has 0 spiro atoms. The molecule has 4 nitrogen and oxygen atoms in total. The maximum absolute atomic E-state index is 11.6. The van der Waals surface area contributed by atoms with Gasteiger partial charge >= 0.3 is 0 Å². The Hall–Kier alpha value is -0.940. The summed E-state index contributed by atoms with van der Waals surface area (Å²) in [5, 5.41) is 2.78. The number of nitrogens with one attached hydrogen (secondary N) is 1. The molecule has 0 aliphatic rings. The monoisotopic (exact) mass is 289 g/mol. The van der Waals surface area contributed by atoms with Gasteiger partial charge in [0.15, 0.2) is 0 Å². The third-order valence-corrected chi connectivity index (χ3v) is 3.13. The molecule has 6 heteroatoms. The quantitative estimate of drug-likeness (QED) is 0.790. The molecule has 18 heavy (non-hydrogen) atoms. The van der Waals surface area contributed by atoms with Crippen LogP contribution in [-0.4, -0.2) is 22.4 Å². The van der Waals surface area contributed by atoms with Crippen molar-refractivity contribution in [2.75, 3.05) is 22.6 Å². The number of anilines is 2. The van der Waals surface area contributed by atoms with Crippen LogP contribution < -0.4 is 11.1 Å². The van der Waals surface area contributed by atoms with Crippen molar-refractivity contribution in [3.05, 3.63) is 18.3 Å². The van der Waals surface area contributed by atoms with Crippen molar-refractivity contribution in [1.82, 2.24) is 4.98 Å². The normalized spacial score (nSPS) is 9.94. The summed E-state index contributed by atoms with van der Waals surface area (Å²) in [4.78, 5) is 15.5. The summed E-state index contributed by atoms with van der Waals surface area (Å²) in [5.74, 6) is 2.65. The Morgan fingerprint density at radius 1 is 1.50 bits per heavy atom. The highest BCUT2D eigenvalue weighted by Gasteiger charge is 2.03. The van der Waals surface area contributed by atoms with E-state index in [9.17, 15) is 4.79 Å². The van der Waals surface area contributed by atoms with Crippen molar-refractivity contribution < 1.29 is 4.79 Å². The van der Waals surface area contributed by atoms with Crippen molar-refractivity contribution in [2.45, 2.75) is 20.3 Å². The van der Waals surface area contributed by atoms with Crippen LogP contribution in [0.25, 0.3) is 0 Å². The first-order chi connectivity index (χ1) is 8.08. The Bertz CT molecular complexity index is 357. The van der Waals surface area contributed by atoms with E-state index in [2.05, 4.69) is 24.1 Å². The van der Waals surface area contributed by atoms with E-state index in [4.69, 9.17) is 5.73 Å². The van der Waals surface area contributed by atoms with Gasteiger partial charge in [-0.15, -0.1) is 12.4 Å². The average molecular weight is 290 g/mol. The highest BCUT2D eigenvalue weighted by molar-refractivity contribution is 7.99. The number of hydrogen-bond acceptors (Lipinski definition) is 4. The minimum atomic E-state index is 0. The number of nitrogens with two attached hydrogens (primary N) is 1. The molecule has 0 aromatic carbocycles. The molecule has 3 N–H and O–H groups in total. The number of halogens is 1. The van der Waals surface area contributed by atoms with Gasteiger partial charge in [-0.2, -0.15) is 11.8 Å². The molecule has 0 aliphatic heterocycles. The van der Waals surface area contributed by atoms with Crippen molar-refractivity contribution in [3.8, 4) is 0 Å². The summed E-state index contributed by atoms with van der Waals surface area (Å²) in [6.45, 7) is 4.36. The van der Waals surface area contributed by atoms with Gasteiger partial charge in [0, 0.05) is 0 Å². The number of carbonyl (C=O) groups is 1. The third kappa shape index (κ3) is 7.40. The predicted molar refractivity (Wildman–Crippen MR) is 81.3 cm³/mol. The number of pyridine rings is 1. The summed E-state index contributed by atoms with van der Waals surface area (Å²) >= 11 is 1.65. The maximum atomic E-state index is 11.6. The lowest BCUT2D eigenvalue weighted by Crippen LogP contribution is -2.14. The van der Waals surface area contributed by atoms with Crippen LogP contribution in [0.15, 0.2) is 18.3 Å². The topological polar surface area (TPSA) is 68.0 Å². The second-order valence-corrected chi connectivity index (χ2v) is 5.36. The van der Waals surface area contributed by atoms with E-state index in [0.29, 0.717) is 23.2 Å². The molecule has 1 aromatic rings. The first kappa shape index (κ1) is 17.1. The van der Waals surface area contributed by atoms with Crippen LogP contribution in [-0.2, 0) is 4.79 Å². The fourth-order valence-corrected chi connectivity index (χ4v) is 2.20. The molecule has 0 radical (unpaired) electrons. The fourth-order valence-electron chi connectivity index (χ4n) is 1.16. The van der Waals surface area contributed by atoms with E-state index >= 15 is 0 Å². The molecule has 102 valence electrons. The Labute approximate surface area is 119 Å². The number of rotatable bonds is 6. The van der Waals surface area contributed by atoms with Crippen molar-refractivity contribution >= 4 is 41.6 Å². The van der Waals surface area contributed by atoms with Crippen LogP contribution in [0.5, 0.6) is 0 Å². The zero-order chi connectivity index (χ0) is 12.7. The van der Waals surface area contributed by atoms with E-state index in [0.717, 1.165) is 12.2 Å². The van der Waals surface area contributed by atoms with Crippen LogP contribution >= 0.6 is 24.2 Å². The second kappa shape index (κ2) is 9.05. The predicted octanol–water partition coefficient (Wildman–Crippen LogP) is 2.80. The van der Waals surface area contributed by atoms with Crippen LogP contribution in [0.3, 0.4) is 0 Å². The van der Waals surface area contributed by atoms with E-state index in [-0.39, 0.29) is 18.3 Å². The lowest BCUT2D eigenvalue weighted by Gasteiger charge is -2.06. The second-order valence-electron chi connectivity index (χ2n) is 4.26. The van der Waals surface area contributed by atoms with Crippen LogP contribution in [0.1, 0.15) is 20.3 Å². The zero-order valence-corrected chi connectivity index (χ0v) is 12.3. The molecule has 1 amide bonds. The number of amides is 1. The number of carbonyl (C=O) groups excluding carboxylic acids is 1. The van der Waals surface area contributed by atoms with Crippen molar-refractivity contribution in [1.29, 1.82) is 0 Å². The maximum Gasteiger partial charge on any atom is 0.234 e. The Morgan fingerprint density at radius 3 is 2.78 bits per heavy atom. The van der Waals surface area contributed by atoms with Crippen LogP contribution in [0.4, 0.5) is 11.5 Å². The van der Waals surface area contributed by atoms with E-state index in [1.807, 2.05) is 0 Å². The molecule has 0 atom stereocenters. The first-order valence-corrected chi connectivity index (χ1v) is 6.82. The Balaban J connectivity index is 0.00000289. The molecular weight excluding hydrogens is 270 g/mol. The van der Waals surface area contributed by atoms with E-state index < -0.39 is 0 Å². The summed E-state index contributed by atoms with van der Waals surface area (Å²) in [6, 6.07) is 3.42. The molecule has 0 aliphatic carbocycles. The fraction of sp³-hybridized carbons (Fsp3) is 0.500.